The molecule has 2 rings (SSSR count). The van der Waals surface area contributed by atoms with Gasteiger partial charge in [-0.15, -0.1) is 0 Å². The first kappa shape index (κ1) is 10.5. The standard InChI is InChI=1S/C13H20N2/c1-2-10-9-12(3-4-13(10)14)11-5-7-15-8-6-11/h3-4,9,11,15H,2,5-8,14H2,1H3. The lowest BCUT2D eigenvalue weighted by molar-refractivity contribution is 0.460. The molecule has 1 aromatic rings. The van der Waals surface area contributed by atoms with Crippen molar-refractivity contribution in [2.75, 3.05) is 18.8 Å². The Bertz CT molecular complexity index is 327. The van der Waals surface area contributed by atoms with Gasteiger partial charge in [0.25, 0.3) is 0 Å². The molecular formula is C13H20N2. The summed E-state index contributed by atoms with van der Waals surface area (Å²) in [5.41, 5.74) is 9.63. The van der Waals surface area contributed by atoms with Gasteiger partial charge in [0.1, 0.15) is 0 Å². The van der Waals surface area contributed by atoms with Gasteiger partial charge < -0.3 is 11.1 Å². The van der Waals surface area contributed by atoms with Crippen LogP contribution in [0.25, 0.3) is 0 Å². The summed E-state index contributed by atoms with van der Waals surface area (Å²) in [5, 5.41) is 3.40. The van der Waals surface area contributed by atoms with Crippen LogP contribution in [0.5, 0.6) is 0 Å². The zero-order valence-corrected chi connectivity index (χ0v) is 9.42. The summed E-state index contributed by atoms with van der Waals surface area (Å²) in [6, 6.07) is 6.56. The normalized spacial score (nSPS) is 17.9. The van der Waals surface area contributed by atoms with Crippen LogP contribution in [0, 0.1) is 0 Å². The van der Waals surface area contributed by atoms with Gasteiger partial charge in [0.2, 0.25) is 0 Å². The number of nitrogen functional groups attached to an aromatic ring is 1. The maximum atomic E-state index is 5.92. The quantitative estimate of drug-likeness (QED) is 0.725. The first-order chi connectivity index (χ1) is 7.31. The Morgan fingerprint density at radius 3 is 2.73 bits per heavy atom. The van der Waals surface area contributed by atoms with Crippen LogP contribution in [-0.2, 0) is 6.42 Å². The second-order valence-electron chi connectivity index (χ2n) is 4.34. The average molecular weight is 204 g/mol. The van der Waals surface area contributed by atoms with Gasteiger partial charge >= 0.3 is 0 Å². The number of piperidine rings is 1. The Morgan fingerprint density at radius 1 is 1.33 bits per heavy atom. The zero-order valence-electron chi connectivity index (χ0n) is 9.42. The summed E-state index contributed by atoms with van der Waals surface area (Å²) in [4.78, 5) is 0. The molecule has 0 atom stereocenters. The molecule has 0 radical (unpaired) electrons. The molecule has 0 spiro atoms. The molecule has 0 bridgehead atoms. The molecule has 2 nitrogen and oxygen atoms in total. The van der Waals surface area contributed by atoms with Crippen molar-refractivity contribution < 1.29 is 0 Å². The van der Waals surface area contributed by atoms with Gasteiger partial charge in [-0.05, 0) is 55.5 Å². The summed E-state index contributed by atoms with van der Waals surface area (Å²) in [7, 11) is 0. The number of nitrogens with two attached hydrogens (primary N) is 1. The summed E-state index contributed by atoms with van der Waals surface area (Å²) < 4.78 is 0. The fourth-order valence-corrected chi connectivity index (χ4v) is 2.34. The molecule has 0 unspecified atom stereocenters. The van der Waals surface area contributed by atoms with Crippen LogP contribution in [-0.4, -0.2) is 13.1 Å². The van der Waals surface area contributed by atoms with E-state index in [1.165, 1.54) is 24.0 Å². The molecule has 1 heterocycles. The number of nitrogens with one attached hydrogen (secondary N) is 1. The number of benzene rings is 1. The highest BCUT2D eigenvalue weighted by Crippen LogP contribution is 2.27. The van der Waals surface area contributed by atoms with Crippen LogP contribution in [0.3, 0.4) is 0 Å². The number of aryl methyl sites for hydroxylation is 1. The third-order valence-electron chi connectivity index (χ3n) is 3.36. The van der Waals surface area contributed by atoms with Crippen molar-refractivity contribution >= 4 is 5.69 Å². The van der Waals surface area contributed by atoms with Crippen LogP contribution in [0.1, 0.15) is 36.8 Å². The Labute approximate surface area is 91.9 Å². The van der Waals surface area contributed by atoms with E-state index in [1.807, 2.05) is 0 Å². The van der Waals surface area contributed by atoms with E-state index in [-0.39, 0.29) is 0 Å². The summed E-state index contributed by atoms with van der Waals surface area (Å²) in [6.45, 7) is 4.46. The van der Waals surface area contributed by atoms with Crippen LogP contribution in [0.4, 0.5) is 5.69 Å². The maximum Gasteiger partial charge on any atom is 0.0346 e. The molecule has 1 aromatic carbocycles. The molecule has 1 aliphatic rings. The van der Waals surface area contributed by atoms with Crippen LogP contribution in [0.2, 0.25) is 0 Å². The van der Waals surface area contributed by atoms with Crippen molar-refractivity contribution in [3.05, 3.63) is 29.3 Å². The first-order valence-electron chi connectivity index (χ1n) is 5.90. The monoisotopic (exact) mass is 204 g/mol. The smallest absolute Gasteiger partial charge is 0.0346 e. The van der Waals surface area contributed by atoms with Gasteiger partial charge in [-0.3, -0.25) is 0 Å². The average Bonchev–Trinajstić information content (AvgIpc) is 2.31. The van der Waals surface area contributed by atoms with Crippen molar-refractivity contribution in [2.24, 2.45) is 0 Å². The molecule has 0 saturated carbocycles. The van der Waals surface area contributed by atoms with Crippen molar-refractivity contribution in [3.63, 3.8) is 0 Å². The third kappa shape index (κ3) is 2.32. The Balaban J connectivity index is 2.20. The third-order valence-corrected chi connectivity index (χ3v) is 3.36. The SMILES string of the molecule is CCc1cc(C2CCNCC2)ccc1N. The Kier molecular flexibility index (Phi) is 3.27. The second-order valence-corrected chi connectivity index (χ2v) is 4.34. The number of hydrogen-bond donors (Lipinski definition) is 2. The van der Waals surface area contributed by atoms with Crippen molar-refractivity contribution in [2.45, 2.75) is 32.1 Å². The van der Waals surface area contributed by atoms with E-state index in [2.05, 4.69) is 30.4 Å². The van der Waals surface area contributed by atoms with Gasteiger partial charge in [0.15, 0.2) is 0 Å². The largest absolute Gasteiger partial charge is 0.399 e. The fourth-order valence-electron chi connectivity index (χ4n) is 2.34. The first-order valence-corrected chi connectivity index (χ1v) is 5.90. The lowest BCUT2D eigenvalue weighted by atomic mass is 9.89. The summed E-state index contributed by atoms with van der Waals surface area (Å²) in [5.74, 6) is 0.733. The predicted molar refractivity (Wildman–Crippen MR) is 65.1 cm³/mol. The van der Waals surface area contributed by atoms with E-state index < -0.39 is 0 Å². The number of anilines is 1. The molecule has 15 heavy (non-hydrogen) atoms. The lowest BCUT2D eigenvalue weighted by Gasteiger charge is -2.23. The second kappa shape index (κ2) is 4.67. The van der Waals surface area contributed by atoms with Gasteiger partial charge in [-0.2, -0.15) is 0 Å². The zero-order chi connectivity index (χ0) is 10.7. The summed E-state index contributed by atoms with van der Waals surface area (Å²) >= 11 is 0. The molecule has 0 amide bonds. The van der Waals surface area contributed by atoms with E-state index in [1.54, 1.807) is 0 Å². The Morgan fingerprint density at radius 2 is 2.07 bits per heavy atom. The predicted octanol–water partition coefficient (Wildman–Crippen LogP) is 2.30. The molecular weight excluding hydrogens is 184 g/mol. The molecule has 0 aromatic heterocycles. The van der Waals surface area contributed by atoms with Crippen LogP contribution >= 0.6 is 0 Å². The van der Waals surface area contributed by atoms with Crippen molar-refractivity contribution in [3.8, 4) is 0 Å². The Hall–Kier alpha value is -1.02. The molecule has 1 fully saturated rings. The summed E-state index contributed by atoms with van der Waals surface area (Å²) in [6.07, 6.45) is 3.55. The maximum absolute atomic E-state index is 5.92. The van der Waals surface area contributed by atoms with E-state index in [9.17, 15) is 0 Å². The number of rotatable bonds is 2. The fraction of sp³-hybridized carbons (Fsp3) is 0.538. The molecule has 1 aliphatic heterocycles. The minimum absolute atomic E-state index is 0.733. The molecule has 3 N–H and O–H groups in total. The minimum Gasteiger partial charge on any atom is -0.399 e. The molecule has 1 saturated heterocycles. The van der Waals surface area contributed by atoms with Gasteiger partial charge in [0.05, 0.1) is 0 Å². The lowest BCUT2D eigenvalue weighted by Crippen LogP contribution is -2.26. The van der Waals surface area contributed by atoms with Crippen LogP contribution < -0.4 is 11.1 Å². The van der Waals surface area contributed by atoms with Gasteiger partial charge in [0, 0.05) is 5.69 Å². The minimum atomic E-state index is 0.733. The van der Waals surface area contributed by atoms with Crippen molar-refractivity contribution in [1.82, 2.24) is 5.32 Å². The van der Waals surface area contributed by atoms with E-state index in [0.29, 0.717) is 0 Å². The molecule has 82 valence electrons. The van der Waals surface area contributed by atoms with E-state index in [4.69, 9.17) is 5.73 Å². The number of hydrogen-bond acceptors (Lipinski definition) is 2. The molecule has 2 heteroatoms. The van der Waals surface area contributed by atoms with Crippen molar-refractivity contribution in [1.29, 1.82) is 0 Å². The van der Waals surface area contributed by atoms with Crippen LogP contribution in [0.15, 0.2) is 18.2 Å². The van der Waals surface area contributed by atoms with E-state index in [0.717, 1.165) is 31.1 Å². The highest BCUT2D eigenvalue weighted by Gasteiger charge is 2.15. The highest BCUT2D eigenvalue weighted by molar-refractivity contribution is 5.49. The van der Waals surface area contributed by atoms with E-state index >= 15 is 0 Å². The van der Waals surface area contributed by atoms with Gasteiger partial charge in [-0.1, -0.05) is 19.1 Å². The molecule has 0 aliphatic carbocycles. The highest BCUT2D eigenvalue weighted by atomic mass is 14.9. The topological polar surface area (TPSA) is 38.0 Å². The van der Waals surface area contributed by atoms with Gasteiger partial charge in [-0.25, -0.2) is 0 Å².